The number of carbonyl (C=O) groups excluding carboxylic acids is 4. The first kappa shape index (κ1) is 26.5. The molecule has 0 saturated carbocycles. The first-order valence-corrected chi connectivity index (χ1v) is 13.8. The Morgan fingerprint density at radius 3 is 2.44 bits per heavy atom. The molecule has 1 aliphatic rings. The predicted octanol–water partition coefficient (Wildman–Crippen LogP) is 3.21. The van der Waals surface area contributed by atoms with Crippen molar-refractivity contribution < 1.29 is 19.2 Å². The fourth-order valence-electron chi connectivity index (χ4n) is 4.77. The van der Waals surface area contributed by atoms with Gasteiger partial charge >= 0.3 is 0 Å². The van der Waals surface area contributed by atoms with E-state index in [4.69, 9.17) is 0 Å². The van der Waals surface area contributed by atoms with Gasteiger partial charge in [0.25, 0.3) is 5.91 Å². The lowest BCUT2D eigenvalue weighted by molar-refractivity contribution is -0.125. The quantitative estimate of drug-likeness (QED) is 0.225. The largest absolute Gasteiger partial charge is 0.356 e. The van der Waals surface area contributed by atoms with Gasteiger partial charge in [0.15, 0.2) is 10.8 Å². The zero-order valence-corrected chi connectivity index (χ0v) is 22.5. The number of nitrogens with one attached hydrogen (secondary N) is 4. The third-order valence-electron chi connectivity index (χ3n) is 6.75. The van der Waals surface area contributed by atoms with Crippen molar-refractivity contribution in [1.29, 1.82) is 0 Å². The first-order chi connectivity index (χ1) is 18.8. The Hall–Kier alpha value is -4.12. The topological polar surface area (TPSA) is 146 Å². The maximum Gasteiger partial charge on any atom is 0.287 e. The molecule has 10 nitrogen and oxygen atoms in total. The average Bonchev–Trinajstić information content (AvgIpc) is 3.65. The number of imidazole rings is 1. The molecule has 11 heteroatoms. The monoisotopic (exact) mass is 546 g/mol. The molecule has 4 N–H and O–H groups in total. The van der Waals surface area contributed by atoms with E-state index in [0.29, 0.717) is 35.9 Å². The molecule has 0 unspecified atom stereocenters. The van der Waals surface area contributed by atoms with Crippen LogP contribution in [0.4, 0.5) is 0 Å². The fourth-order valence-corrected chi connectivity index (χ4v) is 5.73. The normalized spacial score (nSPS) is 16.8. The second kappa shape index (κ2) is 11.3. The van der Waals surface area contributed by atoms with E-state index in [1.54, 1.807) is 6.07 Å². The van der Waals surface area contributed by atoms with Gasteiger partial charge < -0.3 is 20.9 Å². The van der Waals surface area contributed by atoms with Gasteiger partial charge in [0.1, 0.15) is 6.04 Å². The lowest BCUT2D eigenvalue weighted by Gasteiger charge is -2.24. The smallest absolute Gasteiger partial charge is 0.287 e. The van der Waals surface area contributed by atoms with Crippen LogP contribution in [-0.4, -0.2) is 57.1 Å². The number of benzene rings is 2. The van der Waals surface area contributed by atoms with Crippen LogP contribution < -0.4 is 16.0 Å². The number of aromatic amines is 1. The molecule has 3 heterocycles. The number of Topliss-reactive ketones (excluding diaryl/α,β-unsaturated/α-hetero) is 1. The summed E-state index contributed by atoms with van der Waals surface area (Å²) in [7, 11) is 0. The van der Waals surface area contributed by atoms with Crippen LogP contribution in [0.25, 0.3) is 21.3 Å². The molecule has 0 aliphatic carbocycles. The number of para-hydroxylation sites is 3. The maximum atomic E-state index is 13.6. The first-order valence-electron chi connectivity index (χ1n) is 13.0. The molecular formula is C28H30N6O4S. The van der Waals surface area contributed by atoms with E-state index in [1.807, 2.05) is 56.3 Å². The third kappa shape index (κ3) is 5.98. The summed E-state index contributed by atoms with van der Waals surface area (Å²) < 4.78 is 0.861. The van der Waals surface area contributed by atoms with E-state index in [1.165, 1.54) is 11.3 Å². The van der Waals surface area contributed by atoms with E-state index >= 15 is 0 Å². The van der Waals surface area contributed by atoms with Crippen LogP contribution >= 0.6 is 11.3 Å². The molecule has 3 atom stereocenters. The number of thiazole rings is 1. The molecule has 2 aromatic carbocycles. The highest BCUT2D eigenvalue weighted by molar-refractivity contribution is 7.20. The van der Waals surface area contributed by atoms with Crippen molar-refractivity contribution in [2.45, 2.75) is 45.2 Å². The molecule has 202 valence electrons. The zero-order valence-electron chi connectivity index (χ0n) is 21.7. The van der Waals surface area contributed by atoms with Crippen molar-refractivity contribution in [3.05, 3.63) is 59.4 Å². The molecule has 0 bridgehead atoms. The molecule has 4 aromatic rings. The van der Waals surface area contributed by atoms with Gasteiger partial charge in [0.05, 0.1) is 27.3 Å². The number of hydrogen-bond acceptors (Lipinski definition) is 7. The number of rotatable bonds is 10. The zero-order chi connectivity index (χ0) is 27.5. The van der Waals surface area contributed by atoms with E-state index in [9.17, 15) is 19.2 Å². The van der Waals surface area contributed by atoms with Crippen molar-refractivity contribution in [3.63, 3.8) is 0 Å². The maximum absolute atomic E-state index is 13.6. The summed E-state index contributed by atoms with van der Waals surface area (Å²) in [6, 6.07) is 12.8. The average molecular weight is 547 g/mol. The Morgan fingerprint density at radius 1 is 1.00 bits per heavy atom. The van der Waals surface area contributed by atoms with Crippen LogP contribution in [0.2, 0.25) is 0 Å². The van der Waals surface area contributed by atoms with Gasteiger partial charge in [-0.1, -0.05) is 38.1 Å². The number of carbonyl (C=O) groups is 4. The minimum absolute atomic E-state index is 0.0794. The second-order valence-electron chi connectivity index (χ2n) is 10.2. The molecule has 1 saturated heterocycles. The highest BCUT2D eigenvalue weighted by Gasteiger charge is 2.35. The van der Waals surface area contributed by atoms with Gasteiger partial charge in [-0.3, -0.25) is 19.2 Å². The molecule has 39 heavy (non-hydrogen) atoms. The summed E-state index contributed by atoms with van der Waals surface area (Å²) in [6.07, 6.45) is 1.08. The molecule has 3 amide bonds. The number of fused-ring (bicyclic) bond motifs is 2. The summed E-state index contributed by atoms with van der Waals surface area (Å²) >= 11 is 1.25. The van der Waals surface area contributed by atoms with E-state index in [0.717, 1.165) is 4.70 Å². The number of amides is 3. The van der Waals surface area contributed by atoms with E-state index in [-0.39, 0.29) is 34.9 Å². The highest BCUT2D eigenvalue weighted by atomic mass is 32.1. The Balaban J connectivity index is 1.37. The van der Waals surface area contributed by atoms with Gasteiger partial charge in [-0.2, -0.15) is 0 Å². The second-order valence-corrected chi connectivity index (χ2v) is 11.2. The van der Waals surface area contributed by atoms with Crippen LogP contribution in [0.1, 0.15) is 53.5 Å². The SMILES string of the molecule is CC(C)C[C@H](NC(=O)c1nc2ccccc2[nH]1)C(=O)N[C@@H](C[C@@H]1CCNC1=O)C(=O)c1nc2ccccc2s1. The molecule has 2 aromatic heterocycles. The Kier molecular flexibility index (Phi) is 7.69. The lowest BCUT2D eigenvalue weighted by atomic mass is 9.95. The van der Waals surface area contributed by atoms with Crippen LogP contribution in [0.3, 0.4) is 0 Å². The number of nitrogens with zero attached hydrogens (tertiary/aromatic N) is 2. The number of aromatic nitrogens is 3. The van der Waals surface area contributed by atoms with Crippen molar-refractivity contribution in [2.75, 3.05) is 6.54 Å². The molecule has 0 radical (unpaired) electrons. The fraction of sp³-hybridized carbons (Fsp3) is 0.357. The van der Waals surface area contributed by atoms with Crippen LogP contribution in [0.15, 0.2) is 48.5 Å². The lowest BCUT2D eigenvalue weighted by Crippen LogP contribution is -2.52. The van der Waals surface area contributed by atoms with Crippen LogP contribution in [-0.2, 0) is 9.59 Å². The molecule has 5 rings (SSSR count). The van der Waals surface area contributed by atoms with Gasteiger partial charge in [-0.25, -0.2) is 9.97 Å². The summed E-state index contributed by atoms with van der Waals surface area (Å²) in [5.41, 5.74) is 2.05. The Morgan fingerprint density at radius 2 is 1.74 bits per heavy atom. The minimum Gasteiger partial charge on any atom is -0.356 e. The molecule has 1 aliphatic heterocycles. The number of hydrogen-bond donors (Lipinski definition) is 4. The highest BCUT2D eigenvalue weighted by Crippen LogP contribution is 2.25. The number of ketones is 1. The van der Waals surface area contributed by atoms with E-state index in [2.05, 4.69) is 30.9 Å². The summed E-state index contributed by atoms with van der Waals surface area (Å²) in [6.45, 7) is 4.42. The molecule has 1 fully saturated rings. The summed E-state index contributed by atoms with van der Waals surface area (Å²) in [5, 5.41) is 8.69. The predicted molar refractivity (Wildman–Crippen MR) is 148 cm³/mol. The summed E-state index contributed by atoms with van der Waals surface area (Å²) in [5.74, 6) is -1.72. The van der Waals surface area contributed by atoms with Gasteiger partial charge in [0, 0.05) is 12.5 Å². The van der Waals surface area contributed by atoms with Crippen LogP contribution in [0.5, 0.6) is 0 Å². The Labute approximate surface area is 229 Å². The Bertz CT molecular complexity index is 1480. The van der Waals surface area contributed by atoms with Gasteiger partial charge in [0.2, 0.25) is 17.6 Å². The minimum atomic E-state index is -0.968. The van der Waals surface area contributed by atoms with Crippen molar-refractivity contribution in [1.82, 2.24) is 30.9 Å². The number of H-pyrrole nitrogens is 1. The molecular weight excluding hydrogens is 516 g/mol. The van der Waals surface area contributed by atoms with Crippen molar-refractivity contribution >= 4 is 56.1 Å². The van der Waals surface area contributed by atoms with Crippen LogP contribution in [0, 0.1) is 11.8 Å². The van der Waals surface area contributed by atoms with Gasteiger partial charge in [-0.05, 0) is 49.4 Å². The molecule has 0 spiro atoms. The van der Waals surface area contributed by atoms with Crippen molar-refractivity contribution in [2.24, 2.45) is 11.8 Å². The van der Waals surface area contributed by atoms with E-state index < -0.39 is 29.8 Å². The van der Waals surface area contributed by atoms with Crippen molar-refractivity contribution in [3.8, 4) is 0 Å². The summed E-state index contributed by atoms with van der Waals surface area (Å²) in [4.78, 5) is 64.4. The standard InChI is InChI=1S/C28H30N6O4S/c1-15(2)13-21(33-27(38)24-30-17-7-3-4-8-18(17)31-24)26(37)32-20(14-16-11-12-29-25(16)36)23(35)28-34-19-9-5-6-10-22(19)39-28/h3-10,15-16,20-21H,11-14H2,1-2H3,(H,29,36)(H,30,31)(H,32,37)(H,33,38)/t16-,20-,21-/m0/s1. The van der Waals surface area contributed by atoms with Gasteiger partial charge in [-0.15, -0.1) is 11.3 Å². The third-order valence-corrected chi connectivity index (χ3v) is 7.81.